The van der Waals surface area contributed by atoms with Gasteiger partial charge in [-0.25, -0.2) is 0 Å². The van der Waals surface area contributed by atoms with Gasteiger partial charge in [0.25, 0.3) is 0 Å². The Hall–Kier alpha value is -2.28. The van der Waals surface area contributed by atoms with Gasteiger partial charge in [0, 0.05) is 22.7 Å². The Bertz CT molecular complexity index is 677. The van der Waals surface area contributed by atoms with Crippen molar-refractivity contribution < 1.29 is 0 Å². The van der Waals surface area contributed by atoms with Crippen LogP contribution in [0.1, 0.15) is 5.56 Å². The fraction of sp³-hybridized carbons (Fsp3) is 0. The smallest absolute Gasteiger partial charge is 0.0460 e. The van der Waals surface area contributed by atoms with Gasteiger partial charge in [0.2, 0.25) is 0 Å². The van der Waals surface area contributed by atoms with E-state index in [1.807, 2.05) is 12.1 Å². The average Bonchev–Trinajstić information content (AvgIpc) is 2.82. The summed E-state index contributed by atoms with van der Waals surface area (Å²) in [5.41, 5.74) is 4.78. The van der Waals surface area contributed by atoms with E-state index in [-0.39, 0.29) is 0 Å². The summed E-state index contributed by atoms with van der Waals surface area (Å²) in [7, 11) is 0. The summed E-state index contributed by atoms with van der Waals surface area (Å²) in [4.78, 5) is 3.30. The first-order valence-electron chi connectivity index (χ1n) is 5.67. The Labute approximate surface area is 100 Å². The fourth-order valence-corrected chi connectivity index (χ4v) is 2.14. The van der Waals surface area contributed by atoms with E-state index in [2.05, 4.69) is 60.2 Å². The van der Waals surface area contributed by atoms with Crippen LogP contribution < -0.4 is 0 Å². The molecule has 1 heterocycles. The zero-order valence-corrected chi connectivity index (χ0v) is 9.48. The predicted octanol–water partition coefficient (Wildman–Crippen LogP) is 4.48. The SMILES string of the molecule is C=Cc1cccc(-c2c[nH]c3ccccc23)c1. The number of H-pyrrole nitrogens is 1. The minimum atomic E-state index is 1.15. The van der Waals surface area contributed by atoms with Crippen molar-refractivity contribution in [2.45, 2.75) is 0 Å². The van der Waals surface area contributed by atoms with Gasteiger partial charge in [0.15, 0.2) is 0 Å². The predicted molar refractivity (Wildman–Crippen MR) is 73.8 cm³/mol. The molecule has 0 aliphatic carbocycles. The molecule has 0 bridgehead atoms. The van der Waals surface area contributed by atoms with Crippen molar-refractivity contribution in [2.24, 2.45) is 0 Å². The molecule has 0 fully saturated rings. The van der Waals surface area contributed by atoms with Gasteiger partial charge >= 0.3 is 0 Å². The second-order valence-electron chi connectivity index (χ2n) is 4.08. The van der Waals surface area contributed by atoms with Gasteiger partial charge in [-0.15, -0.1) is 0 Å². The molecular formula is C16H13N. The molecule has 1 N–H and O–H groups in total. The number of hydrogen-bond donors (Lipinski definition) is 1. The minimum Gasteiger partial charge on any atom is -0.361 e. The van der Waals surface area contributed by atoms with Crippen LogP contribution in [0.25, 0.3) is 28.1 Å². The third kappa shape index (κ3) is 1.66. The Kier molecular flexibility index (Phi) is 2.30. The number of aromatic amines is 1. The van der Waals surface area contributed by atoms with E-state index in [4.69, 9.17) is 0 Å². The van der Waals surface area contributed by atoms with Crippen LogP contribution in [0.4, 0.5) is 0 Å². The van der Waals surface area contributed by atoms with Crippen LogP contribution in [-0.4, -0.2) is 4.98 Å². The number of fused-ring (bicyclic) bond motifs is 1. The van der Waals surface area contributed by atoms with Crippen LogP contribution in [-0.2, 0) is 0 Å². The molecule has 0 unspecified atom stereocenters. The normalized spacial score (nSPS) is 10.6. The number of nitrogens with one attached hydrogen (secondary N) is 1. The molecule has 0 saturated carbocycles. The fourth-order valence-electron chi connectivity index (χ4n) is 2.14. The molecule has 3 aromatic rings. The molecule has 1 aromatic heterocycles. The maximum absolute atomic E-state index is 3.81. The third-order valence-electron chi connectivity index (χ3n) is 3.02. The summed E-state index contributed by atoms with van der Waals surface area (Å²) in [6, 6.07) is 16.8. The minimum absolute atomic E-state index is 1.15. The van der Waals surface area contributed by atoms with Crippen LogP contribution in [0.5, 0.6) is 0 Å². The standard InChI is InChI=1S/C16H13N/c1-2-12-6-5-7-13(10-12)15-11-17-16-9-4-3-8-14(15)16/h2-11,17H,1H2. The van der Waals surface area contributed by atoms with Gasteiger partial charge in [-0.2, -0.15) is 0 Å². The molecule has 0 spiro atoms. The largest absolute Gasteiger partial charge is 0.361 e. The third-order valence-corrected chi connectivity index (χ3v) is 3.02. The highest BCUT2D eigenvalue weighted by Gasteiger charge is 2.04. The van der Waals surface area contributed by atoms with Crippen LogP contribution >= 0.6 is 0 Å². The Morgan fingerprint density at radius 2 is 1.88 bits per heavy atom. The van der Waals surface area contributed by atoms with Gasteiger partial charge in [0.1, 0.15) is 0 Å². The van der Waals surface area contributed by atoms with E-state index < -0.39 is 0 Å². The number of rotatable bonds is 2. The first-order chi connectivity index (χ1) is 8.38. The van der Waals surface area contributed by atoms with Gasteiger partial charge in [0.05, 0.1) is 0 Å². The van der Waals surface area contributed by atoms with Gasteiger partial charge < -0.3 is 4.98 Å². The molecule has 0 saturated heterocycles. The number of para-hydroxylation sites is 1. The van der Waals surface area contributed by atoms with E-state index in [0.717, 1.165) is 5.56 Å². The van der Waals surface area contributed by atoms with E-state index in [9.17, 15) is 0 Å². The summed E-state index contributed by atoms with van der Waals surface area (Å²) in [6.45, 7) is 3.81. The molecule has 0 radical (unpaired) electrons. The molecule has 1 heteroatoms. The molecule has 82 valence electrons. The highest BCUT2D eigenvalue weighted by molar-refractivity contribution is 5.95. The highest BCUT2D eigenvalue weighted by Crippen LogP contribution is 2.28. The van der Waals surface area contributed by atoms with Gasteiger partial charge in [-0.05, 0) is 23.3 Å². The van der Waals surface area contributed by atoms with Crippen LogP contribution in [0, 0.1) is 0 Å². The first-order valence-corrected chi connectivity index (χ1v) is 5.67. The molecule has 0 atom stereocenters. The van der Waals surface area contributed by atoms with E-state index in [1.165, 1.54) is 22.0 Å². The van der Waals surface area contributed by atoms with E-state index in [0.29, 0.717) is 0 Å². The van der Waals surface area contributed by atoms with Crippen molar-refractivity contribution in [3.8, 4) is 11.1 Å². The lowest BCUT2D eigenvalue weighted by Gasteiger charge is -2.01. The van der Waals surface area contributed by atoms with Crippen molar-refractivity contribution >= 4 is 17.0 Å². The summed E-state index contributed by atoms with van der Waals surface area (Å²) >= 11 is 0. The van der Waals surface area contributed by atoms with Gasteiger partial charge in [-0.1, -0.05) is 49.1 Å². The molecule has 17 heavy (non-hydrogen) atoms. The number of aromatic nitrogens is 1. The van der Waals surface area contributed by atoms with Crippen molar-refractivity contribution in [2.75, 3.05) is 0 Å². The average molecular weight is 219 g/mol. The monoisotopic (exact) mass is 219 g/mol. The molecule has 0 aliphatic rings. The van der Waals surface area contributed by atoms with Crippen molar-refractivity contribution in [3.63, 3.8) is 0 Å². The molecular weight excluding hydrogens is 206 g/mol. The molecule has 3 rings (SSSR count). The Balaban J connectivity index is 2.23. The summed E-state index contributed by atoms with van der Waals surface area (Å²) in [6.07, 6.45) is 3.94. The van der Waals surface area contributed by atoms with E-state index >= 15 is 0 Å². The highest BCUT2D eigenvalue weighted by atomic mass is 14.7. The van der Waals surface area contributed by atoms with Crippen LogP contribution in [0.15, 0.2) is 61.3 Å². The van der Waals surface area contributed by atoms with Gasteiger partial charge in [-0.3, -0.25) is 0 Å². The maximum atomic E-state index is 3.81. The second kappa shape index (κ2) is 3.95. The maximum Gasteiger partial charge on any atom is 0.0460 e. The lowest BCUT2D eigenvalue weighted by Crippen LogP contribution is -1.77. The van der Waals surface area contributed by atoms with Crippen LogP contribution in [0.3, 0.4) is 0 Å². The molecule has 2 aromatic carbocycles. The summed E-state index contributed by atoms with van der Waals surface area (Å²) < 4.78 is 0. The number of hydrogen-bond acceptors (Lipinski definition) is 0. The summed E-state index contributed by atoms with van der Waals surface area (Å²) in [5, 5.41) is 1.26. The van der Waals surface area contributed by atoms with E-state index in [1.54, 1.807) is 0 Å². The molecule has 0 aliphatic heterocycles. The molecule has 0 amide bonds. The van der Waals surface area contributed by atoms with Crippen molar-refractivity contribution in [3.05, 3.63) is 66.9 Å². The topological polar surface area (TPSA) is 15.8 Å². The quantitative estimate of drug-likeness (QED) is 0.654. The van der Waals surface area contributed by atoms with Crippen molar-refractivity contribution in [1.29, 1.82) is 0 Å². The number of benzene rings is 2. The zero-order chi connectivity index (χ0) is 11.7. The van der Waals surface area contributed by atoms with Crippen molar-refractivity contribution in [1.82, 2.24) is 4.98 Å². The van der Waals surface area contributed by atoms with Crippen LogP contribution in [0.2, 0.25) is 0 Å². The Morgan fingerprint density at radius 1 is 1.00 bits per heavy atom. The second-order valence-corrected chi connectivity index (χ2v) is 4.08. The lowest BCUT2D eigenvalue weighted by atomic mass is 10.0. The zero-order valence-electron chi connectivity index (χ0n) is 9.48. The summed E-state index contributed by atoms with van der Waals surface area (Å²) in [5.74, 6) is 0. The Morgan fingerprint density at radius 3 is 2.76 bits per heavy atom. The lowest BCUT2D eigenvalue weighted by molar-refractivity contribution is 1.47. The molecule has 1 nitrogen and oxygen atoms in total. The first kappa shape index (κ1) is 9.91.